The molecule has 34 heavy (non-hydrogen) atoms. The molecule has 4 rings (SSSR count). The average molecular weight is 485 g/mol. The first-order valence-electron chi connectivity index (χ1n) is 9.67. The van der Waals surface area contributed by atoms with Gasteiger partial charge >= 0.3 is 0 Å². The summed E-state index contributed by atoms with van der Waals surface area (Å²) in [7, 11) is -2.37. The predicted molar refractivity (Wildman–Crippen MR) is 117 cm³/mol. The molecule has 0 bridgehead atoms. The minimum Gasteiger partial charge on any atom is -0.497 e. The number of hydrogen-bond donors (Lipinski definition) is 0. The lowest BCUT2D eigenvalue weighted by Gasteiger charge is -2.09. The standard InChI is InChI=1S/C22H16FN3O7S/c1-31-16-5-7-17(8-6-16)32-20-11-4-15(26(27)28)12-19(20)22-24-21(25-33-22)13-34(29,30)18-9-2-14(23)3-10-18/h2-12H,13H2,1H3. The molecular weight excluding hydrogens is 469 g/mol. The van der Waals surface area contributed by atoms with Crippen LogP contribution in [0.25, 0.3) is 11.5 Å². The molecule has 0 saturated heterocycles. The van der Waals surface area contributed by atoms with E-state index in [1.165, 1.54) is 25.3 Å². The summed E-state index contributed by atoms with van der Waals surface area (Å²) in [5.41, 5.74) is -0.154. The Morgan fingerprint density at radius 2 is 1.71 bits per heavy atom. The van der Waals surface area contributed by atoms with Gasteiger partial charge < -0.3 is 14.0 Å². The van der Waals surface area contributed by atoms with Gasteiger partial charge in [0.05, 0.1) is 22.5 Å². The van der Waals surface area contributed by atoms with Gasteiger partial charge in [0.2, 0.25) is 0 Å². The minimum atomic E-state index is -3.89. The molecule has 0 saturated carbocycles. The van der Waals surface area contributed by atoms with Gasteiger partial charge in [-0.3, -0.25) is 10.1 Å². The van der Waals surface area contributed by atoms with Crippen molar-refractivity contribution in [1.82, 2.24) is 10.1 Å². The third-order valence-corrected chi connectivity index (χ3v) is 6.28. The Morgan fingerprint density at radius 3 is 2.35 bits per heavy atom. The lowest BCUT2D eigenvalue weighted by atomic mass is 10.1. The molecule has 0 amide bonds. The number of halogens is 1. The zero-order chi connectivity index (χ0) is 24.3. The number of rotatable bonds is 8. The second kappa shape index (κ2) is 9.27. The monoisotopic (exact) mass is 485 g/mol. The van der Waals surface area contributed by atoms with Gasteiger partial charge in [0.25, 0.3) is 11.6 Å². The number of nitro benzene ring substituents is 1. The summed E-state index contributed by atoms with van der Waals surface area (Å²) in [5, 5.41) is 15.0. The summed E-state index contributed by atoms with van der Waals surface area (Å²) >= 11 is 0. The van der Waals surface area contributed by atoms with E-state index in [0.717, 1.165) is 24.3 Å². The summed E-state index contributed by atoms with van der Waals surface area (Å²) < 4.78 is 54.4. The molecule has 0 atom stereocenters. The first-order chi connectivity index (χ1) is 16.2. The smallest absolute Gasteiger partial charge is 0.270 e. The van der Waals surface area contributed by atoms with Gasteiger partial charge in [0, 0.05) is 12.1 Å². The Balaban J connectivity index is 1.65. The highest BCUT2D eigenvalue weighted by Gasteiger charge is 2.23. The molecule has 0 aliphatic carbocycles. The van der Waals surface area contributed by atoms with Crippen LogP contribution in [-0.2, 0) is 15.6 Å². The fourth-order valence-corrected chi connectivity index (χ4v) is 4.15. The molecule has 0 aliphatic heterocycles. The fraction of sp³-hybridized carbons (Fsp3) is 0.0909. The number of aromatic nitrogens is 2. The van der Waals surface area contributed by atoms with E-state index in [2.05, 4.69) is 10.1 Å². The van der Waals surface area contributed by atoms with Crippen molar-refractivity contribution in [2.75, 3.05) is 7.11 Å². The van der Waals surface area contributed by atoms with Gasteiger partial charge in [0.15, 0.2) is 15.7 Å². The Bertz CT molecular complexity index is 1440. The number of nitrogens with zero attached hydrogens (tertiary/aromatic N) is 3. The quantitative estimate of drug-likeness (QED) is 0.200. The molecule has 0 fully saturated rings. The molecule has 3 aromatic carbocycles. The van der Waals surface area contributed by atoms with Crippen LogP contribution in [-0.4, -0.2) is 30.6 Å². The van der Waals surface area contributed by atoms with Crippen molar-refractivity contribution in [1.29, 1.82) is 0 Å². The van der Waals surface area contributed by atoms with Crippen molar-refractivity contribution in [3.8, 4) is 28.7 Å². The Hall–Kier alpha value is -4.32. The molecule has 0 aliphatic rings. The van der Waals surface area contributed by atoms with Crippen LogP contribution in [0.1, 0.15) is 5.82 Å². The molecule has 1 aromatic heterocycles. The second-order valence-corrected chi connectivity index (χ2v) is 8.93. The van der Waals surface area contributed by atoms with E-state index in [-0.39, 0.29) is 33.6 Å². The normalized spacial score (nSPS) is 11.2. The van der Waals surface area contributed by atoms with Gasteiger partial charge in [-0.2, -0.15) is 4.98 Å². The summed E-state index contributed by atoms with van der Waals surface area (Å²) in [6.45, 7) is 0. The Kier molecular flexibility index (Phi) is 6.23. The van der Waals surface area contributed by atoms with Crippen molar-refractivity contribution in [2.24, 2.45) is 0 Å². The Labute approximate surface area is 192 Å². The zero-order valence-corrected chi connectivity index (χ0v) is 18.4. The molecule has 174 valence electrons. The second-order valence-electron chi connectivity index (χ2n) is 6.94. The van der Waals surface area contributed by atoms with Gasteiger partial charge in [0.1, 0.15) is 28.8 Å². The summed E-state index contributed by atoms with van der Waals surface area (Å²) in [6, 6.07) is 14.7. The van der Waals surface area contributed by atoms with Crippen molar-refractivity contribution in [3.05, 3.63) is 88.5 Å². The first kappa shape index (κ1) is 22.9. The molecule has 0 spiro atoms. The van der Waals surface area contributed by atoms with E-state index < -0.39 is 26.3 Å². The van der Waals surface area contributed by atoms with Crippen LogP contribution in [0.5, 0.6) is 17.2 Å². The summed E-state index contributed by atoms with van der Waals surface area (Å²) in [4.78, 5) is 14.6. The van der Waals surface area contributed by atoms with Crippen LogP contribution in [0.2, 0.25) is 0 Å². The van der Waals surface area contributed by atoms with E-state index in [4.69, 9.17) is 14.0 Å². The first-order valence-corrected chi connectivity index (χ1v) is 11.3. The molecule has 12 heteroatoms. The number of sulfone groups is 1. The number of benzene rings is 3. The van der Waals surface area contributed by atoms with Crippen molar-refractivity contribution < 1.29 is 31.7 Å². The maximum Gasteiger partial charge on any atom is 0.270 e. The van der Waals surface area contributed by atoms with Crippen molar-refractivity contribution in [3.63, 3.8) is 0 Å². The van der Waals surface area contributed by atoms with E-state index in [0.29, 0.717) is 11.5 Å². The van der Waals surface area contributed by atoms with Crippen LogP contribution < -0.4 is 9.47 Å². The zero-order valence-electron chi connectivity index (χ0n) is 17.5. The molecule has 1 heterocycles. The van der Waals surface area contributed by atoms with E-state index in [1.807, 2.05) is 0 Å². The lowest BCUT2D eigenvalue weighted by Crippen LogP contribution is -2.06. The van der Waals surface area contributed by atoms with Crippen molar-refractivity contribution >= 4 is 15.5 Å². The van der Waals surface area contributed by atoms with Crippen LogP contribution in [0, 0.1) is 15.9 Å². The molecule has 0 radical (unpaired) electrons. The topological polar surface area (TPSA) is 135 Å². The maximum atomic E-state index is 13.1. The number of nitro groups is 1. The minimum absolute atomic E-state index is 0.1000. The van der Waals surface area contributed by atoms with Crippen LogP contribution in [0.3, 0.4) is 0 Å². The highest BCUT2D eigenvalue weighted by Crippen LogP contribution is 2.36. The molecule has 0 N–H and O–H groups in total. The molecular formula is C22H16FN3O7S. The maximum absolute atomic E-state index is 13.1. The number of ether oxygens (including phenoxy) is 2. The third kappa shape index (κ3) is 5.02. The largest absolute Gasteiger partial charge is 0.497 e. The van der Waals surface area contributed by atoms with Gasteiger partial charge in [-0.15, -0.1) is 0 Å². The molecule has 0 unspecified atom stereocenters. The SMILES string of the molecule is COc1ccc(Oc2ccc([N+](=O)[O-])cc2-c2nc(CS(=O)(=O)c3ccc(F)cc3)no2)cc1. The highest BCUT2D eigenvalue weighted by molar-refractivity contribution is 7.90. The van der Waals surface area contributed by atoms with Crippen LogP contribution in [0.4, 0.5) is 10.1 Å². The highest BCUT2D eigenvalue weighted by atomic mass is 32.2. The van der Waals surface area contributed by atoms with Gasteiger partial charge in [-0.05, 0) is 54.6 Å². The average Bonchev–Trinajstić information content (AvgIpc) is 3.27. The Morgan fingerprint density at radius 1 is 1.03 bits per heavy atom. The molecule has 10 nitrogen and oxygen atoms in total. The van der Waals surface area contributed by atoms with Crippen molar-refractivity contribution in [2.45, 2.75) is 10.6 Å². The van der Waals surface area contributed by atoms with E-state index in [1.54, 1.807) is 24.3 Å². The number of hydrogen-bond acceptors (Lipinski definition) is 9. The predicted octanol–water partition coefficient (Wildman–Crippen LogP) is 4.56. The third-order valence-electron chi connectivity index (χ3n) is 4.65. The lowest BCUT2D eigenvalue weighted by molar-refractivity contribution is -0.384. The van der Waals surface area contributed by atoms with Gasteiger partial charge in [-0.25, -0.2) is 12.8 Å². The van der Waals surface area contributed by atoms with Crippen LogP contribution in [0.15, 0.2) is 76.1 Å². The van der Waals surface area contributed by atoms with Gasteiger partial charge in [-0.1, -0.05) is 5.16 Å². The number of non-ortho nitro benzene ring substituents is 1. The fourth-order valence-electron chi connectivity index (χ4n) is 2.98. The summed E-state index contributed by atoms with van der Waals surface area (Å²) in [6.07, 6.45) is 0. The van der Waals surface area contributed by atoms with E-state index >= 15 is 0 Å². The number of methoxy groups -OCH3 is 1. The van der Waals surface area contributed by atoms with Crippen LogP contribution >= 0.6 is 0 Å². The molecule has 4 aromatic rings. The summed E-state index contributed by atoms with van der Waals surface area (Å²) in [5.74, 6) is -0.346. The van der Waals surface area contributed by atoms with E-state index in [9.17, 15) is 22.9 Å².